The van der Waals surface area contributed by atoms with Crippen LogP contribution >= 0.6 is 0 Å². The van der Waals surface area contributed by atoms with Crippen molar-refractivity contribution in [2.24, 2.45) is 17.3 Å². The molecule has 0 saturated heterocycles. The maximum atomic E-state index is 2.39. The van der Waals surface area contributed by atoms with E-state index in [4.69, 9.17) is 0 Å². The van der Waals surface area contributed by atoms with Gasteiger partial charge in [-0.2, -0.15) is 0 Å². The molecular weight excluding hydrogens is 108 g/mol. The molecule has 0 nitrogen and oxygen atoms in total. The van der Waals surface area contributed by atoms with Gasteiger partial charge in [-0.1, -0.05) is 34.1 Å². The van der Waals surface area contributed by atoms with Crippen LogP contribution in [0.1, 0.15) is 40.5 Å². The van der Waals surface area contributed by atoms with Crippen LogP contribution in [0, 0.1) is 17.3 Å². The molecule has 0 aromatic rings. The van der Waals surface area contributed by atoms with Crippen molar-refractivity contribution in [2.45, 2.75) is 40.5 Å². The summed E-state index contributed by atoms with van der Waals surface area (Å²) in [4.78, 5) is 0. The van der Waals surface area contributed by atoms with Gasteiger partial charge in [0.2, 0.25) is 0 Å². The molecular formula is C9H18. The Morgan fingerprint density at radius 3 is 1.89 bits per heavy atom. The van der Waals surface area contributed by atoms with Gasteiger partial charge >= 0.3 is 0 Å². The standard InChI is InChI=1S/C9H18/c1-5-6-8-7(2)9(8,3)4/h7-8H,5-6H2,1-4H3. The van der Waals surface area contributed by atoms with Crippen molar-refractivity contribution < 1.29 is 0 Å². The highest BCUT2D eigenvalue weighted by molar-refractivity contribution is 5.01. The molecule has 54 valence electrons. The summed E-state index contributed by atoms with van der Waals surface area (Å²) in [6.45, 7) is 9.43. The van der Waals surface area contributed by atoms with Gasteiger partial charge < -0.3 is 0 Å². The Morgan fingerprint density at radius 2 is 1.78 bits per heavy atom. The number of hydrogen-bond acceptors (Lipinski definition) is 0. The molecule has 1 fully saturated rings. The molecule has 1 aliphatic rings. The van der Waals surface area contributed by atoms with E-state index in [0.717, 1.165) is 11.8 Å². The zero-order chi connectivity index (χ0) is 7.07. The van der Waals surface area contributed by atoms with Crippen molar-refractivity contribution in [3.8, 4) is 0 Å². The van der Waals surface area contributed by atoms with Crippen LogP contribution in [-0.4, -0.2) is 0 Å². The summed E-state index contributed by atoms with van der Waals surface area (Å²) in [6.07, 6.45) is 2.80. The lowest BCUT2D eigenvalue weighted by Crippen LogP contribution is -1.88. The van der Waals surface area contributed by atoms with E-state index in [2.05, 4.69) is 27.7 Å². The molecule has 0 bridgehead atoms. The molecule has 0 heteroatoms. The molecule has 2 unspecified atom stereocenters. The van der Waals surface area contributed by atoms with E-state index in [1.807, 2.05) is 0 Å². The lowest BCUT2D eigenvalue weighted by atomic mass is 10.1. The highest BCUT2D eigenvalue weighted by Crippen LogP contribution is 2.59. The summed E-state index contributed by atoms with van der Waals surface area (Å²) >= 11 is 0. The summed E-state index contributed by atoms with van der Waals surface area (Å²) in [5.41, 5.74) is 0.677. The van der Waals surface area contributed by atoms with Gasteiger partial charge in [0.25, 0.3) is 0 Å². The molecule has 0 N–H and O–H groups in total. The summed E-state index contributed by atoms with van der Waals surface area (Å²) < 4.78 is 0. The summed E-state index contributed by atoms with van der Waals surface area (Å²) in [7, 11) is 0. The van der Waals surface area contributed by atoms with Crippen molar-refractivity contribution in [1.29, 1.82) is 0 Å². The lowest BCUT2D eigenvalue weighted by molar-refractivity contribution is 0.522. The summed E-state index contributed by atoms with van der Waals surface area (Å²) in [6, 6.07) is 0. The Morgan fingerprint density at radius 1 is 1.33 bits per heavy atom. The molecule has 0 heterocycles. The van der Waals surface area contributed by atoms with Gasteiger partial charge in [-0.25, -0.2) is 0 Å². The van der Waals surface area contributed by atoms with Gasteiger partial charge in [0.1, 0.15) is 0 Å². The molecule has 1 saturated carbocycles. The Balaban J connectivity index is 2.33. The Kier molecular flexibility index (Phi) is 1.58. The van der Waals surface area contributed by atoms with E-state index >= 15 is 0 Å². The number of rotatable bonds is 2. The van der Waals surface area contributed by atoms with E-state index in [0.29, 0.717) is 5.41 Å². The highest BCUT2D eigenvalue weighted by atomic mass is 14.6. The minimum absolute atomic E-state index is 0.677. The van der Waals surface area contributed by atoms with Crippen molar-refractivity contribution in [2.75, 3.05) is 0 Å². The highest BCUT2D eigenvalue weighted by Gasteiger charge is 2.52. The topological polar surface area (TPSA) is 0 Å². The third kappa shape index (κ3) is 0.997. The first-order valence-corrected chi connectivity index (χ1v) is 4.10. The smallest absolute Gasteiger partial charge is 0.0295 e. The van der Waals surface area contributed by atoms with Crippen LogP contribution in [0.25, 0.3) is 0 Å². The first-order valence-electron chi connectivity index (χ1n) is 4.10. The predicted octanol–water partition coefficient (Wildman–Crippen LogP) is 3.08. The second-order valence-electron chi connectivity index (χ2n) is 4.01. The van der Waals surface area contributed by atoms with Crippen molar-refractivity contribution in [3.63, 3.8) is 0 Å². The third-order valence-corrected chi connectivity index (χ3v) is 3.22. The van der Waals surface area contributed by atoms with Crippen molar-refractivity contribution >= 4 is 0 Å². The second kappa shape index (κ2) is 2.00. The molecule has 0 amide bonds. The van der Waals surface area contributed by atoms with Crippen LogP contribution in [0.2, 0.25) is 0 Å². The van der Waals surface area contributed by atoms with Crippen molar-refractivity contribution in [3.05, 3.63) is 0 Å². The zero-order valence-electron chi connectivity index (χ0n) is 7.07. The molecule has 1 aliphatic carbocycles. The van der Waals surface area contributed by atoms with E-state index < -0.39 is 0 Å². The van der Waals surface area contributed by atoms with Crippen molar-refractivity contribution in [1.82, 2.24) is 0 Å². The summed E-state index contributed by atoms with van der Waals surface area (Å²) in [5, 5.41) is 0. The van der Waals surface area contributed by atoms with Crippen LogP contribution in [0.5, 0.6) is 0 Å². The van der Waals surface area contributed by atoms with Crippen LogP contribution in [0.3, 0.4) is 0 Å². The summed E-state index contributed by atoms with van der Waals surface area (Å²) in [5.74, 6) is 2.01. The van der Waals surface area contributed by atoms with Crippen LogP contribution in [0.4, 0.5) is 0 Å². The van der Waals surface area contributed by atoms with Gasteiger partial charge in [0.05, 0.1) is 0 Å². The molecule has 9 heavy (non-hydrogen) atoms. The Hall–Kier alpha value is 0. The Labute approximate surface area is 58.7 Å². The number of hydrogen-bond donors (Lipinski definition) is 0. The monoisotopic (exact) mass is 126 g/mol. The maximum Gasteiger partial charge on any atom is -0.0295 e. The van der Waals surface area contributed by atoms with Gasteiger partial charge in [-0.3, -0.25) is 0 Å². The third-order valence-electron chi connectivity index (χ3n) is 3.22. The lowest BCUT2D eigenvalue weighted by Gasteiger charge is -1.98. The fourth-order valence-electron chi connectivity index (χ4n) is 1.95. The Bertz CT molecular complexity index is 103. The average molecular weight is 126 g/mol. The fraction of sp³-hybridized carbons (Fsp3) is 1.00. The average Bonchev–Trinajstić information content (AvgIpc) is 2.19. The first-order chi connectivity index (χ1) is 4.10. The molecule has 1 rings (SSSR count). The SMILES string of the molecule is CCCC1C(C)C1(C)C. The normalized spacial score (nSPS) is 38.7. The molecule has 0 aromatic heterocycles. The quantitative estimate of drug-likeness (QED) is 0.533. The van der Waals surface area contributed by atoms with Crippen LogP contribution in [0.15, 0.2) is 0 Å². The minimum atomic E-state index is 0.677. The molecule has 0 spiro atoms. The van der Waals surface area contributed by atoms with E-state index in [1.54, 1.807) is 0 Å². The van der Waals surface area contributed by atoms with E-state index in [-0.39, 0.29) is 0 Å². The van der Waals surface area contributed by atoms with E-state index in [1.165, 1.54) is 12.8 Å². The maximum absolute atomic E-state index is 2.39. The van der Waals surface area contributed by atoms with Gasteiger partial charge in [0, 0.05) is 0 Å². The molecule has 0 aliphatic heterocycles. The molecule has 0 radical (unpaired) electrons. The first kappa shape index (κ1) is 7.11. The van der Waals surface area contributed by atoms with Gasteiger partial charge in [-0.15, -0.1) is 0 Å². The van der Waals surface area contributed by atoms with Crippen LogP contribution in [-0.2, 0) is 0 Å². The zero-order valence-corrected chi connectivity index (χ0v) is 7.07. The second-order valence-corrected chi connectivity index (χ2v) is 4.01. The van der Waals surface area contributed by atoms with Crippen LogP contribution < -0.4 is 0 Å². The fourth-order valence-corrected chi connectivity index (χ4v) is 1.95. The van der Waals surface area contributed by atoms with E-state index in [9.17, 15) is 0 Å². The van der Waals surface area contributed by atoms with Gasteiger partial charge in [0.15, 0.2) is 0 Å². The van der Waals surface area contributed by atoms with Gasteiger partial charge in [-0.05, 0) is 23.7 Å². The largest absolute Gasteiger partial charge is 0.0654 e. The minimum Gasteiger partial charge on any atom is -0.0654 e. The predicted molar refractivity (Wildman–Crippen MR) is 41.3 cm³/mol. The molecule has 0 aromatic carbocycles. The molecule has 2 atom stereocenters.